The Balaban J connectivity index is 1.99. The number of carbonyl (C=O) groups is 4. The van der Waals surface area contributed by atoms with Crippen LogP contribution in [0.4, 0.5) is 0 Å². The van der Waals surface area contributed by atoms with Crippen molar-refractivity contribution in [2.75, 3.05) is 0 Å². The molecule has 4 N–H and O–H groups in total. The quantitative estimate of drug-likeness (QED) is 0.407. The number of ether oxygens (including phenoxy) is 2. The van der Waals surface area contributed by atoms with Crippen LogP contribution in [0.3, 0.4) is 0 Å². The summed E-state index contributed by atoms with van der Waals surface area (Å²) in [5.41, 5.74) is 0.720. The van der Waals surface area contributed by atoms with E-state index in [9.17, 15) is 29.4 Å². The van der Waals surface area contributed by atoms with Crippen LogP contribution in [0.2, 0.25) is 0 Å². The molecule has 0 saturated carbocycles. The maximum atomic E-state index is 13.6. The SMILES string of the molecule is CC(C)CC1OC(=O)[C@H](C)[C@H](O)[C@H](Cc2ccccc2)NC(=O)[C@@H](NC(=O)c2ccccc2O)[C@@H](C)OC1=O. The van der Waals surface area contributed by atoms with Crippen molar-refractivity contribution < 1.29 is 38.9 Å². The number of aliphatic hydroxyl groups excluding tert-OH is 1. The molecule has 0 radical (unpaired) electrons. The molecular formula is C29H36N2O8. The zero-order valence-corrected chi connectivity index (χ0v) is 22.5. The lowest BCUT2D eigenvalue weighted by Gasteiger charge is -2.33. The molecule has 1 aliphatic rings. The molecule has 0 spiro atoms. The van der Waals surface area contributed by atoms with E-state index in [1.165, 1.54) is 26.0 Å². The molecule has 0 bridgehead atoms. The van der Waals surface area contributed by atoms with E-state index in [1.807, 2.05) is 44.2 Å². The van der Waals surface area contributed by atoms with E-state index in [0.29, 0.717) is 0 Å². The van der Waals surface area contributed by atoms with Crippen LogP contribution in [0.1, 0.15) is 50.0 Å². The highest BCUT2D eigenvalue weighted by molar-refractivity contribution is 5.99. The molecule has 10 nitrogen and oxygen atoms in total. The Kier molecular flexibility index (Phi) is 10.1. The lowest BCUT2D eigenvalue weighted by atomic mass is 9.92. The maximum Gasteiger partial charge on any atom is 0.347 e. The number of amides is 2. The summed E-state index contributed by atoms with van der Waals surface area (Å²) in [5.74, 6) is -4.58. The zero-order valence-electron chi connectivity index (χ0n) is 22.5. The van der Waals surface area contributed by atoms with Crippen molar-refractivity contribution in [1.29, 1.82) is 0 Å². The summed E-state index contributed by atoms with van der Waals surface area (Å²) in [7, 11) is 0. The van der Waals surface area contributed by atoms with Crippen LogP contribution in [0.15, 0.2) is 54.6 Å². The molecule has 0 aliphatic carbocycles. The van der Waals surface area contributed by atoms with Gasteiger partial charge in [0.25, 0.3) is 5.91 Å². The lowest BCUT2D eigenvalue weighted by Crippen LogP contribution is -2.59. The maximum absolute atomic E-state index is 13.6. The molecule has 1 heterocycles. The Bertz CT molecular complexity index is 1170. The van der Waals surface area contributed by atoms with E-state index >= 15 is 0 Å². The van der Waals surface area contributed by atoms with Crippen LogP contribution in [-0.2, 0) is 30.3 Å². The van der Waals surface area contributed by atoms with Crippen molar-refractivity contribution in [2.24, 2.45) is 11.8 Å². The summed E-state index contributed by atoms with van der Waals surface area (Å²) in [5, 5.41) is 26.6. The predicted octanol–water partition coefficient (Wildman–Crippen LogP) is 2.12. The van der Waals surface area contributed by atoms with Crippen LogP contribution < -0.4 is 10.6 Å². The van der Waals surface area contributed by atoms with Crippen molar-refractivity contribution in [3.05, 3.63) is 65.7 Å². The first-order valence-corrected chi connectivity index (χ1v) is 13.0. The third kappa shape index (κ3) is 7.79. The first-order valence-electron chi connectivity index (χ1n) is 13.0. The minimum absolute atomic E-state index is 0.0375. The fraction of sp³-hybridized carbons (Fsp3) is 0.448. The molecule has 1 fully saturated rings. The van der Waals surface area contributed by atoms with E-state index < -0.39 is 60.1 Å². The summed E-state index contributed by atoms with van der Waals surface area (Å²) in [6.45, 7) is 6.58. The number of aliphatic hydroxyl groups is 1. The van der Waals surface area contributed by atoms with Crippen molar-refractivity contribution in [3.63, 3.8) is 0 Å². The van der Waals surface area contributed by atoms with Gasteiger partial charge in [0.15, 0.2) is 6.10 Å². The van der Waals surface area contributed by atoms with Crippen LogP contribution in [0.25, 0.3) is 0 Å². The number of hydrogen-bond donors (Lipinski definition) is 4. The van der Waals surface area contributed by atoms with Gasteiger partial charge in [-0.25, -0.2) is 4.79 Å². The average Bonchev–Trinajstić information content (AvgIpc) is 2.89. The first kappa shape index (κ1) is 29.6. The molecular weight excluding hydrogens is 504 g/mol. The monoisotopic (exact) mass is 540 g/mol. The van der Waals surface area contributed by atoms with Gasteiger partial charge in [0.05, 0.1) is 23.6 Å². The highest BCUT2D eigenvalue weighted by atomic mass is 16.6. The third-order valence-electron chi connectivity index (χ3n) is 6.62. The largest absolute Gasteiger partial charge is 0.507 e. The lowest BCUT2D eigenvalue weighted by molar-refractivity contribution is -0.178. The highest BCUT2D eigenvalue weighted by Gasteiger charge is 2.40. The Hall–Kier alpha value is -3.92. The zero-order chi connectivity index (χ0) is 28.7. The number of cyclic esters (lactones) is 2. The van der Waals surface area contributed by atoms with E-state index in [0.717, 1.165) is 5.56 Å². The summed E-state index contributed by atoms with van der Waals surface area (Å²) in [6, 6.07) is 12.6. The molecule has 2 aromatic rings. The number of benzene rings is 2. The number of esters is 2. The van der Waals surface area contributed by atoms with Crippen LogP contribution in [0.5, 0.6) is 5.75 Å². The molecule has 2 aromatic carbocycles. The minimum Gasteiger partial charge on any atom is -0.507 e. The smallest absolute Gasteiger partial charge is 0.347 e. The average molecular weight is 541 g/mol. The molecule has 3 rings (SSSR count). The fourth-order valence-electron chi connectivity index (χ4n) is 4.36. The second-order valence-corrected chi connectivity index (χ2v) is 10.2. The Morgan fingerprint density at radius 2 is 1.62 bits per heavy atom. The number of hydrogen-bond acceptors (Lipinski definition) is 8. The van der Waals surface area contributed by atoms with Crippen LogP contribution >= 0.6 is 0 Å². The van der Waals surface area contributed by atoms with E-state index in [1.54, 1.807) is 12.1 Å². The Labute approximate surface area is 227 Å². The van der Waals surface area contributed by atoms with Gasteiger partial charge in [0, 0.05) is 0 Å². The summed E-state index contributed by atoms with van der Waals surface area (Å²) < 4.78 is 11.0. The molecule has 1 aliphatic heterocycles. The molecule has 39 heavy (non-hydrogen) atoms. The predicted molar refractivity (Wildman–Crippen MR) is 141 cm³/mol. The van der Waals surface area contributed by atoms with Gasteiger partial charge >= 0.3 is 11.9 Å². The molecule has 0 aromatic heterocycles. The first-order chi connectivity index (χ1) is 18.5. The van der Waals surface area contributed by atoms with Crippen molar-refractivity contribution in [3.8, 4) is 5.75 Å². The van der Waals surface area contributed by atoms with Crippen LogP contribution in [-0.4, -0.2) is 64.4 Å². The summed E-state index contributed by atoms with van der Waals surface area (Å²) in [6.07, 6.45) is -3.49. The number of rotatable bonds is 6. The molecule has 6 atom stereocenters. The van der Waals surface area contributed by atoms with Gasteiger partial charge in [-0.15, -0.1) is 0 Å². The van der Waals surface area contributed by atoms with Gasteiger partial charge in [0.2, 0.25) is 5.91 Å². The number of para-hydroxylation sites is 1. The molecule has 10 heteroatoms. The van der Waals surface area contributed by atoms with Crippen molar-refractivity contribution >= 4 is 23.8 Å². The van der Waals surface area contributed by atoms with E-state index in [4.69, 9.17) is 9.47 Å². The van der Waals surface area contributed by atoms with Gasteiger partial charge in [-0.3, -0.25) is 14.4 Å². The van der Waals surface area contributed by atoms with Crippen molar-refractivity contribution in [1.82, 2.24) is 10.6 Å². The molecule has 210 valence electrons. The number of nitrogens with one attached hydrogen (secondary N) is 2. The summed E-state index contributed by atoms with van der Waals surface area (Å²) >= 11 is 0. The highest BCUT2D eigenvalue weighted by Crippen LogP contribution is 2.21. The van der Waals surface area contributed by atoms with Crippen molar-refractivity contribution in [2.45, 2.75) is 70.9 Å². The van der Waals surface area contributed by atoms with Gasteiger partial charge in [-0.05, 0) is 50.3 Å². The Morgan fingerprint density at radius 3 is 2.26 bits per heavy atom. The normalized spacial score (nSPS) is 26.5. The second-order valence-electron chi connectivity index (χ2n) is 10.2. The van der Waals surface area contributed by atoms with Gasteiger partial charge in [-0.2, -0.15) is 0 Å². The number of phenols is 1. The standard InChI is InChI=1S/C29H36N2O8/c1-16(2)14-23-29(37)38-18(4)24(31-26(34)20-12-8-9-13-22(20)32)27(35)30-21(15-19-10-6-5-7-11-19)25(33)17(3)28(36)39-23/h5-13,16-18,21,23-25,32-33H,14-15H2,1-4H3,(H,30,35)(H,31,34)/t17-,18-,21+,23?,24+,25+/m1/s1. The molecule has 2 amide bonds. The number of phenolic OH excluding ortho intramolecular Hbond substituents is 1. The number of carbonyl (C=O) groups excluding carboxylic acids is 4. The van der Waals surface area contributed by atoms with E-state index in [2.05, 4.69) is 10.6 Å². The second kappa shape index (κ2) is 13.2. The van der Waals surface area contributed by atoms with Gasteiger partial charge < -0.3 is 30.3 Å². The van der Waals surface area contributed by atoms with Crippen LogP contribution in [0, 0.1) is 11.8 Å². The van der Waals surface area contributed by atoms with E-state index in [-0.39, 0.29) is 30.1 Å². The third-order valence-corrected chi connectivity index (χ3v) is 6.62. The topological polar surface area (TPSA) is 151 Å². The summed E-state index contributed by atoms with van der Waals surface area (Å²) in [4.78, 5) is 52.6. The fourth-order valence-corrected chi connectivity index (χ4v) is 4.36. The van der Waals surface area contributed by atoms with Gasteiger partial charge in [0.1, 0.15) is 17.9 Å². The Morgan fingerprint density at radius 1 is 0.974 bits per heavy atom. The number of aromatic hydroxyl groups is 1. The molecule has 1 saturated heterocycles. The minimum atomic E-state index is -1.39. The van der Waals surface area contributed by atoms with Gasteiger partial charge in [-0.1, -0.05) is 56.3 Å². The molecule has 1 unspecified atom stereocenters.